The van der Waals surface area contributed by atoms with Crippen molar-refractivity contribution in [2.75, 3.05) is 11.9 Å². The minimum absolute atomic E-state index is 0.0194. The van der Waals surface area contributed by atoms with Gasteiger partial charge in [0.1, 0.15) is 5.69 Å². The van der Waals surface area contributed by atoms with E-state index in [1.807, 2.05) is 5.32 Å². The van der Waals surface area contributed by atoms with Crippen molar-refractivity contribution in [1.82, 2.24) is 0 Å². The first-order valence-corrected chi connectivity index (χ1v) is 4.86. The van der Waals surface area contributed by atoms with E-state index in [2.05, 4.69) is 0 Å². The molecule has 0 fully saturated rings. The molecule has 0 unspecified atom stereocenters. The molecule has 0 aliphatic heterocycles. The highest BCUT2D eigenvalue weighted by Crippen LogP contribution is 2.25. The second-order valence-electron chi connectivity index (χ2n) is 3.49. The predicted molar refractivity (Wildman–Crippen MR) is 50.1 cm³/mol. The van der Waals surface area contributed by atoms with Gasteiger partial charge in [0.2, 0.25) is 0 Å². The Hall–Kier alpha value is -1.47. The molecule has 0 amide bonds. The van der Waals surface area contributed by atoms with Crippen molar-refractivity contribution in [3.63, 3.8) is 0 Å². The average Bonchev–Trinajstić information content (AvgIpc) is 2.24. The fraction of sp³-hybridized carbons (Fsp3) is 0.400. The van der Waals surface area contributed by atoms with Crippen LogP contribution in [0.5, 0.6) is 0 Å². The topological polar surface area (TPSA) is 12.0 Å². The van der Waals surface area contributed by atoms with Gasteiger partial charge >= 0.3 is 6.18 Å². The summed E-state index contributed by atoms with van der Waals surface area (Å²) >= 11 is 0. The minimum atomic E-state index is -4.40. The molecule has 0 bridgehead atoms. The summed E-state index contributed by atoms with van der Waals surface area (Å²) in [5.41, 5.74) is -1.10. The maximum atomic E-state index is 13.0. The van der Waals surface area contributed by atoms with Crippen LogP contribution in [0.4, 0.5) is 36.4 Å². The molecule has 0 aliphatic rings. The fourth-order valence-electron chi connectivity index (χ4n) is 1.23. The van der Waals surface area contributed by atoms with E-state index in [0.717, 1.165) is 0 Å². The first-order valence-electron chi connectivity index (χ1n) is 4.86. The molecule has 102 valence electrons. The highest BCUT2D eigenvalue weighted by molar-refractivity contribution is 5.47. The summed E-state index contributed by atoms with van der Waals surface area (Å²) in [5, 5.41) is 1.91. The van der Waals surface area contributed by atoms with Crippen molar-refractivity contribution in [2.24, 2.45) is 0 Å². The second kappa shape index (κ2) is 5.45. The van der Waals surface area contributed by atoms with Crippen LogP contribution in [0.15, 0.2) is 6.07 Å². The Kier molecular flexibility index (Phi) is 4.42. The van der Waals surface area contributed by atoms with Crippen molar-refractivity contribution in [2.45, 2.75) is 19.0 Å². The third kappa shape index (κ3) is 3.78. The molecule has 0 aromatic heterocycles. The molecule has 0 radical (unpaired) electrons. The molecule has 1 nitrogen and oxygen atoms in total. The van der Waals surface area contributed by atoms with E-state index in [1.54, 1.807) is 0 Å². The summed E-state index contributed by atoms with van der Waals surface area (Å²) in [4.78, 5) is 0. The van der Waals surface area contributed by atoms with Gasteiger partial charge in [-0.2, -0.15) is 13.2 Å². The van der Waals surface area contributed by atoms with Gasteiger partial charge in [-0.05, 0) is 6.42 Å². The van der Waals surface area contributed by atoms with Crippen molar-refractivity contribution in [1.29, 1.82) is 0 Å². The third-order valence-electron chi connectivity index (χ3n) is 2.05. The van der Waals surface area contributed by atoms with Gasteiger partial charge in [-0.25, -0.2) is 17.6 Å². The molecule has 1 rings (SSSR count). The Morgan fingerprint density at radius 1 is 0.944 bits per heavy atom. The summed E-state index contributed by atoms with van der Waals surface area (Å²) in [6.07, 6.45) is -6.03. The minimum Gasteiger partial charge on any atom is -0.380 e. The van der Waals surface area contributed by atoms with E-state index in [4.69, 9.17) is 0 Å². The molecule has 1 aromatic rings. The molecule has 0 spiro atoms. The van der Waals surface area contributed by atoms with Crippen LogP contribution in [0.2, 0.25) is 0 Å². The van der Waals surface area contributed by atoms with E-state index in [9.17, 15) is 30.7 Å². The first kappa shape index (κ1) is 14.6. The predicted octanol–water partition coefficient (Wildman–Crippen LogP) is 4.00. The largest absolute Gasteiger partial charge is 0.389 e. The highest BCUT2D eigenvalue weighted by Gasteiger charge is 2.26. The van der Waals surface area contributed by atoms with E-state index >= 15 is 0 Å². The summed E-state index contributed by atoms with van der Waals surface area (Å²) in [7, 11) is 0. The van der Waals surface area contributed by atoms with Crippen LogP contribution in [0.1, 0.15) is 12.8 Å². The van der Waals surface area contributed by atoms with Crippen LogP contribution >= 0.6 is 0 Å². The van der Waals surface area contributed by atoms with E-state index < -0.39 is 54.5 Å². The van der Waals surface area contributed by atoms with Crippen LogP contribution in [-0.4, -0.2) is 12.7 Å². The van der Waals surface area contributed by atoms with Crippen molar-refractivity contribution >= 4 is 5.69 Å². The van der Waals surface area contributed by atoms with Gasteiger partial charge in [0.25, 0.3) is 0 Å². The Labute approximate surface area is 97.6 Å². The van der Waals surface area contributed by atoms with Crippen LogP contribution in [0, 0.1) is 23.3 Å². The number of nitrogens with one attached hydrogen (secondary N) is 1. The summed E-state index contributed by atoms with van der Waals surface area (Å²) < 4.78 is 86.8. The Morgan fingerprint density at radius 3 is 1.89 bits per heavy atom. The molecule has 0 atom stereocenters. The van der Waals surface area contributed by atoms with Gasteiger partial charge in [-0.1, -0.05) is 0 Å². The van der Waals surface area contributed by atoms with E-state index in [1.165, 1.54) is 0 Å². The molecule has 0 heterocycles. The molecule has 0 saturated heterocycles. The normalized spacial score (nSPS) is 11.7. The molecule has 8 heteroatoms. The monoisotopic (exact) mass is 275 g/mol. The van der Waals surface area contributed by atoms with Gasteiger partial charge in [0, 0.05) is 19.0 Å². The number of benzene rings is 1. The number of rotatable bonds is 4. The number of anilines is 1. The smallest absolute Gasteiger partial charge is 0.380 e. The third-order valence-corrected chi connectivity index (χ3v) is 2.05. The van der Waals surface area contributed by atoms with Crippen LogP contribution in [0.25, 0.3) is 0 Å². The summed E-state index contributed by atoms with van der Waals surface area (Å²) in [6, 6.07) is 0.0194. The molecule has 1 N–H and O–H groups in total. The van der Waals surface area contributed by atoms with E-state index in [0.29, 0.717) is 0 Å². The van der Waals surface area contributed by atoms with Gasteiger partial charge in [-0.15, -0.1) is 0 Å². The maximum Gasteiger partial charge on any atom is 0.389 e. The quantitative estimate of drug-likeness (QED) is 0.497. The van der Waals surface area contributed by atoms with Gasteiger partial charge in [0.15, 0.2) is 23.3 Å². The summed E-state index contributed by atoms with van der Waals surface area (Å²) in [5.74, 6) is -6.57. The van der Waals surface area contributed by atoms with Crippen molar-refractivity contribution in [3.8, 4) is 0 Å². The maximum absolute atomic E-state index is 13.0. The van der Waals surface area contributed by atoms with Crippen LogP contribution < -0.4 is 5.32 Å². The Morgan fingerprint density at radius 2 is 1.44 bits per heavy atom. The number of halogens is 7. The van der Waals surface area contributed by atoms with Crippen LogP contribution in [0.3, 0.4) is 0 Å². The lowest BCUT2D eigenvalue weighted by Crippen LogP contribution is -2.13. The Bertz CT molecular complexity index is 401. The zero-order valence-corrected chi connectivity index (χ0v) is 8.84. The number of hydrogen-bond acceptors (Lipinski definition) is 1. The molecule has 0 saturated carbocycles. The lowest BCUT2D eigenvalue weighted by molar-refractivity contribution is -0.134. The standard InChI is InChI=1S/C10H8F7N/c11-5-4-6(12)8(14)9(7(5)13)18-3-1-2-10(15,16)17/h4,18H,1-3H2. The molecular weight excluding hydrogens is 267 g/mol. The van der Waals surface area contributed by atoms with Gasteiger partial charge in [0.05, 0.1) is 0 Å². The first-order chi connectivity index (χ1) is 8.22. The van der Waals surface area contributed by atoms with E-state index in [-0.39, 0.29) is 6.07 Å². The average molecular weight is 275 g/mol. The highest BCUT2D eigenvalue weighted by atomic mass is 19.4. The molecule has 18 heavy (non-hydrogen) atoms. The lowest BCUT2D eigenvalue weighted by atomic mass is 10.2. The lowest BCUT2D eigenvalue weighted by Gasteiger charge is -2.10. The molecular formula is C10H8F7N. The van der Waals surface area contributed by atoms with Gasteiger partial charge < -0.3 is 5.32 Å². The Balaban J connectivity index is 2.68. The number of alkyl halides is 3. The van der Waals surface area contributed by atoms with Crippen molar-refractivity contribution < 1.29 is 30.7 Å². The molecule has 1 aromatic carbocycles. The SMILES string of the molecule is Fc1cc(F)c(F)c(NCCCC(F)(F)F)c1F. The zero-order chi connectivity index (χ0) is 13.9. The fourth-order valence-corrected chi connectivity index (χ4v) is 1.23. The van der Waals surface area contributed by atoms with Crippen LogP contribution in [-0.2, 0) is 0 Å². The number of hydrogen-bond donors (Lipinski definition) is 1. The van der Waals surface area contributed by atoms with Gasteiger partial charge in [-0.3, -0.25) is 0 Å². The molecule has 0 aliphatic carbocycles. The zero-order valence-electron chi connectivity index (χ0n) is 8.84. The van der Waals surface area contributed by atoms with Crippen molar-refractivity contribution in [3.05, 3.63) is 29.3 Å². The second-order valence-corrected chi connectivity index (χ2v) is 3.49. The summed E-state index contributed by atoms with van der Waals surface area (Å²) in [6.45, 7) is -0.462.